The van der Waals surface area contributed by atoms with Crippen molar-refractivity contribution < 1.29 is 4.74 Å². The third kappa shape index (κ3) is 3.93. The summed E-state index contributed by atoms with van der Waals surface area (Å²) in [6.45, 7) is 3.99. The zero-order chi connectivity index (χ0) is 22.2. The highest BCUT2D eigenvalue weighted by Gasteiger charge is 2.26. The number of rotatable bonds is 7. The molecule has 1 saturated carbocycles. The van der Waals surface area contributed by atoms with Crippen molar-refractivity contribution in [3.05, 3.63) is 81.7 Å². The van der Waals surface area contributed by atoms with E-state index in [-0.39, 0.29) is 11.6 Å². The number of methoxy groups -OCH3 is 1. The molecule has 3 heterocycles. The number of hydrogen-bond acceptors (Lipinski definition) is 6. The van der Waals surface area contributed by atoms with Crippen LogP contribution < -0.4 is 15.6 Å². The summed E-state index contributed by atoms with van der Waals surface area (Å²) in [7, 11) is 1.64. The molecular formula is C24H25N5O2S. The molecule has 1 aliphatic carbocycles. The summed E-state index contributed by atoms with van der Waals surface area (Å²) in [4.78, 5) is 18.7. The summed E-state index contributed by atoms with van der Waals surface area (Å²) in [5.41, 5.74) is 4.33. The maximum Gasteiger partial charge on any atom is 0.274 e. The van der Waals surface area contributed by atoms with E-state index in [4.69, 9.17) is 4.74 Å². The molecule has 0 spiro atoms. The Labute approximate surface area is 190 Å². The van der Waals surface area contributed by atoms with Gasteiger partial charge in [-0.15, -0.1) is 0 Å². The standard InChI is InChI=1S/C24H25N5O2S/c1-15-12-28(14-25-15)21-7-6-19(11-22(21)31-3)27-20-10-18(17-4-5-17)13-29(24(20)30)16(2)23-8-9-26-32-23/h6-14,16-17,27H,4-5H2,1-3H3/t16-/m0/s1. The molecule has 164 valence electrons. The summed E-state index contributed by atoms with van der Waals surface area (Å²) >= 11 is 1.43. The van der Waals surface area contributed by atoms with Gasteiger partial charge in [-0.3, -0.25) is 4.79 Å². The highest BCUT2D eigenvalue weighted by Crippen LogP contribution is 2.41. The minimum absolute atomic E-state index is 0.0522. The van der Waals surface area contributed by atoms with Crippen LogP contribution in [0.3, 0.4) is 0 Å². The topological polar surface area (TPSA) is 74.0 Å². The van der Waals surface area contributed by atoms with E-state index >= 15 is 0 Å². The molecule has 3 aromatic heterocycles. The molecular weight excluding hydrogens is 422 g/mol. The van der Waals surface area contributed by atoms with E-state index in [9.17, 15) is 4.79 Å². The maximum absolute atomic E-state index is 13.4. The first kappa shape index (κ1) is 20.5. The largest absolute Gasteiger partial charge is 0.494 e. The lowest BCUT2D eigenvalue weighted by molar-refractivity contribution is 0.413. The number of aryl methyl sites for hydroxylation is 1. The van der Waals surface area contributed by atoms with Crippen LogP contribution in [0.25, 0.3) is 5.69 Å². The van der Waals surface area contributed by atoms with Gasteiger partial charge in [-0.1, -0.05) is 0 Å². The summed E-state index contributed by atoms with van der Waals surface area (Å²) in [5, 5.41) is 3.34. The van der Waals surface area contributed by atoms with Crippen LogP contribution in [0.5, 0.6) is 5.75 Å². The lowest BCUT2D eigenvalue weighted by atomic mass is 10.1. The number of anilines is 2. The summed E-state index contributed by atoms with van der Waals surface area (Å²) < 4.78 is 13.6. The first-order valence-corrected chi connectivity index (χ1v) is 11.4. The number of nitrogens with one attached hydrogen (secondary N) is 1. The Balaban J connectivity index is 1.52. The Bertz CT molecular complexity index is 1300. The van der Waals surface area contributed by atoms with Crippen LogP contribution in [-0.4, -0.2) is 25.6 Å². The van der Waals surface area contributed by atoms with E-state index in [1.165, 1.54) is 29.9 Å². The van der Waals surface area contributed by atoms with E-state index in [1.54, 1.807) is 19.6 Å². The molecule has 1 N–H and O–H groups in total. The normalized spacial score (nSPS) is 14.3. The molecule has 1 fully saturated rings. The predicted molar refractivity (Wildman–Crippen MR) is 127 cm³/mol. The molecule has 4 aromatic rings. The van der Waals surface area contributed by atoms with Gasteiger partial charge in [-0.25, -0.2) is 9.36 Å². The maximum atomic E-state index is 13.4. The van der Waals surface area contributed by atoms with Crippen LogP contribution in [-0.2, 0) is 0 Å². The Morgan fingerprint density at radius 2 is 2.06 bits per heavy atom. The molecule has 0 aliphatic heterocycles. The molecule has 0 saturated heterocycles. The van der Waals surface area contributed by atoms with Gasteiger partial charge in [0, 0.05) is 35.2 Å². The van der Waals surface area contributed by atoms with Crippen molar-refractivity contribution in [2.24, 2.45) is 0 Å². The molecule has 1 aromatic carbocycles. The van der Waals surface area contributed by atoms with Crippen LogP contribution in [0.2, 0.25) is 0 Å². The van der Waals surface area contributed by atoms with Crippen molar-refractivity contribution >= 4 is 22.9 Å². The fraction of sp³-hybridized carbons (Fsp3) is 0.292. The number of hydrogen-bond donors (Lipinski definition) is 1. The lowest BCUT2D eigenvalue weighted by Crippen LogP contribution is -2.25. The number of aromatic nitrogens is 4. The quantitative estimate of drug-likeness (QED) is 0.430. The second kappa shape index (κ2) is 8.27. The van der Waals surface area contributed by atoms with Crippen LogP contribution in [0.15, 0.2) is 60.0 Å². The van der Waals surface area contributed by atoms with E-state index < -0.39 is 0 Å². The number of pyridine rings is 1. The van der Waals surface area contributed by atoms with Gasteiger partial charge < -0.3 is 19.2 Å². The summed E-state index contributed by atoms with van der Waals surface area (Å²) in [5.74, 6) is 1.22. The zero-order valence-electron chi connectivity index (χ0n) is 18.3. The van der Waals surface area contributed by atoms with E-state index in [0.717, 1.165) is 21.9 Å². The van der Waals surface area contributed by atoms with Gasteiger partial charge in [0.15, 0.2) is 0 Å². The number of imidazole rings is 1. The molecule has 7 nitrogen and oxygen atoms in total. The van der Waals surface area contributed by atoms with Gasteiger partial charge in [-0.05, 0) is 74.0 Å². The lowest BCUT2D eigenvalue weighted by Gasteiger charge is -2.18. The van der Waals surface area contributed by atoms with E-state index in [0.29, 0.717) is 17.4 Å². The van der Waals surface area contributed by atoms with Gasteiger partial charge in [-0.2, -0.15) is 0 Å². The van der Waals surface area contributed by atoms with E-state index in [1.807, 2.05) is 65.7 Å². The van der Waals surface area contributed by atoms with Crippen LogP contribution >= 0.6 is 11.5 Å². The smallest absolute Gasteiger partial charge is 0.274 e. The van der Waals surface area contributed by atoms with Crippen molar-refractivity contribution in [3.8, 4) is 11.4 Å². The first-order chi connectivity index (χ1) is 15.5. The van der Waals surface area contributed by atoms with Crippen molar-refractivity contribution in [1.29, 1.82) is 0 Å². The summed E-state index contributed by atoms with van der Waals surface area (Å²) in [6.07, 6.45) is 9.84. The van der Waals surface area contributed by atoms with Crippen LogP contribution in [0.4, 0.5) is 11.4 Å². The highest BCUT2D eigenvalue weighted by atomic mass is 32.1. The SMILES string of the molecule is COc1cc(Nc2cc(C3CC3)cn([C@@H](C)c3ccns3)c2=O)ccc1-n1cnc(C)c1. The Morgan fingerprint density at radius 1 is 1.22 bits per heavy atom. The van der Waals surface area contributed by atoms with Crippen LogP contribution in [0.1, 0.15) is 47.9 Å². The second-order valence-electron chi connectivity index (χ2n) is 8.20. The van der Waals surface area contributed by atoms with Crippen molar-refractivity contribution in [2.75, 3.05) is 12.4 Å². The Hall–Kier alpha value is -3.39. The first-order valence-electron chi connectivity index (χ1n) is 10.7. The van der Waals surface area contributed by atoms with Gasteiger partial charge in [0.1, 0.15) is 11.4 Å². The molecule has 0 unspecified atom stereocenters. The molecule has 8 heteroatoms. The molecule has 5 rings (SSSR count). The fourth-order valence-corrected chi connectivity index (χ4v) is 4.53. The highest BCUT2D eigenvalue weighted by molar-refractivity contribution is 7.05. The van der Waals surface area contributed by atoms with Gasteiger partial charge in [0.25, 0.3) is 5.56 Å². The number of nitrogens with zero attached hydrogens (tertiary/aromatic N) is 4. The number of benzene rings is 1. The molecule has 1 atom stereocenters. The minimum Gasteiger partial charge on any atom is -0.494 e. The van der Waals surface area contributed by atoms with E-state index in [2.05, 4.69) is 14.7 Å². The third-order valence-corrected chi connectivity index (χ3v) is 6.76. The minimum atomic E-state index is -0.0735. The second-order valence-corrected chi connectivity index (χ2v) is 9.06. The molecule has 1 aliphatic rings. The van der Waals surface area contributed by atoms with Crippen molar-refractivity contribution in [3.63, 3.8) is 0 Å². The van der Waals surface area contributed by atoms with Gasteiger partial charge in [0.2, 0.25) is 0 Å². The third-order valence-electron chi connectivity index (χ3n) is 5.85. The van der Waals surface area contributed by atoms with Crippen LogP contribution in [0, 0.1) is 6.92 Å². The fourth-order valence-electron chi connectivity index (χ4n) is 3.90. The molecule has 32 heavy (non-hydrogen) atoms. The molecule has 0 bridgehead atoms. The monoisotopic (exact) mass is 447 g/mol. The Morgan fingerprint density at radius 3 is 2.72 bits per heavy atom. The van der Waals surface area contributed by atoms with Crippen molar-refractivity contribution in [2.45, 2.75) is 38.6 Å². The predicted octanol–water partition coefficient (Wildman–Crippen LogP) is 5.04. The van der Waals surface area contributed by atoms with Crippen molar-refractivity contribution in [1.82, 2.24) is 18.5 Å². The molecule has 0 radical (unpaired) electrons. The molecule has 0 amide bonds. The Kier molecular flexibility index (Phi) is 5.30. The van der Waals surface area contributed by atoms with Gasteiger partial charge >= 0.3 is 0 Å². The average Bonchev–Trinajstić information content (AvgIpc) is 3.32. The average molecular weight is 448 g/mol. The number of ether oxygens (including phenoxy) is 1. The zero-order valence-corrected chi connectivity index (χ0v) is 19.1. The van der Waals surface area contributed by atoms with Gasteiger partial charge in [0.05, 0.1) is 30.9 Å². The summed E-state index contributed by atoms with van der Waals surface area (Å²) in [6, 6.07) is 9.72.